The number of benzene rings is 1. The number of nitrogens with two attached hydrogens (primary N) is 3. The van der Waals surface area contributed by atoms with Crippen molar-refractivity contribution in [3.63, 3.8) is 0 Å². The summed E-state index contributed by atoms with van der Waals surface area (Å²) in [6.07, 6.45) is 1.56. The normalized spacial score (nSPS) is 15.5. The van der Waals surface area contributed by atoms with Gasteiger partial charge in [-0.1, -0.05) is 38.5 Å². The molecule has 3 amide bonds. The van der Waals surface area contributed by atoms with Gasteiger partial charge in [-0.05, 0) is 43.7 Å². The van der Waals surface area contributed by atoms with Crippen molar-refractivity contribution in [1.82, 2.24) is 20.9 Å². The Kier molecular flexibility index (Phi) is 12.5. The smallest absolute Gasteiger partial charge is 0.328 e. The average Bonchev–Trinajstić information content (AvgIpc) is 3.33. The Morgan fingerprint density at radius 1 is 1.00 bits per heavy atom. The first-order valence-electron chi connectivity index (χ1n) is 13.5. The molecule has 0 aliphatic rings. The van der Waals surface area contributed by atoms with Crippen molar-refractivity contribution in [3.05, 3.63) is 36.0 Å². The van der Waals surface area contributed by atoms with Crippen LogP contribution in [0.4, 0.5) is 0 Å². The molecule has 14 nitrogen and oxygen atoms in total. The maximum absolute atomic E-state index is 13.4. The molecule has 6 unspecified atom stereocenters. The van der Waals surface area contributed by atoms with Crippen molar-refractivity contribution in [3.8, 4) is 0 Å². The Morgan fingerprint density at radius 3 is 2.27 bits per heavy atom. The SMILES string of the molecule is CCC(C)C(NC(=O)C(CCCN=C(N)N)NC(=O)C(N)Cc1c[nH]c2ccccc12)C(=O)NC(C(=O)O)C(C)O. The summed E-state index contributed by atoms with van der Waals surface area (Å²) in [4.78, 5) is 58.0. The number of hydrogen-bond donors (Lipinski definition) is 9. The molecule has 0 saturated heterocycles. The van der Waals surface area contributed by atoms with E-state index in [0.717, 1.165) is 16.5 Å². The number of aromatic nitrogens is 1. The van der Waals surface area contributed by atoms with E-state index in [1.165, 1.54) is 6.92 Å². The van der Waals surface area contributed by atoms with Crippen LogP contribution in [0.15, 0.2) is 35.5 Å². The average molecular weight is 575 g/mol. The van der Waals surface area contributed by atoms with E-state index in [4.69, 9.17) is 17.2 Å². The maximum Gasteiger partial charge on any atom is 0.328 e. The lowest BCUT2D eigenvalue weighted by Gasteiger charge is -2.28. The lowest BCUT2D eigenvalue weighted by atomic mass is 9.96. The second kappa shape index (κ2) is 15.6. The van der Waals surface area contributed by atoms with Gasteiger partial charge in [-0.3, -0.25) is 19.4 Å². The van der Waals surface area contributed by atoms with Gasteiger partial charge in [0.15, 0.2) is 12.0 Å². The van der Waals surface area contributed by atoms with E-state index >= 15 is 0 Å². The van der Waals surface area contributed by atoms with Crippen LogP contribution in [-0.2, 0) is 25.6 Å². The minimum Gasteiger partial charge on any atom is -0.480 e. The predicted molar refractivity (Wildman–Crippen MR) is 154 cm³/mol. The molecule has 0 bridgehead atoms. The molecule has 1 aromatic carbocycles. The van der Waals surface area contributed by atoms with E-state index in [2.05, 4.69) is 25.9 Å². The van der Waals surface area contributed by atoms with E-state index in [9.17, 15) is 29.4 Å². The molecule has 2 rings (SSSR count). The highest BCUT2D eigenvalue weighted by molar-refractivity contribution is 5.94. The molecule has 12 N–H and O–H groups in total. The molecular formula is C27H42N8O6. The topological polar surface area (TPSA) is 251 Å². The van der Waals surface area contributed by atoms with Crippen LogP contribution < -0.4 is 33.2 Å². The first-order chi connectivity index (χ1) is 19.3. The zero-order valence-electron chi connectivity index (χ0n) is 23.6. The summed E-state index contributed by atoms with van der Waals surface area (Å²) in [7, 11) is 0. The Balaban J connectivity index is 2.19. The summed E-state index contributed by atoms with van der Waals surface area (Å²) in [6, 6.07) is 2.83. The Labute approximate surface area is 238 Å². The molecule has 14 heteroatoms. The third-order valence-electron chi connectivity index (χ3n) is 6.87. The number of para-hydroxylation sites is 1. The second-order valence-corrected chi connectivity index (χ2v) is 10.1. The number of rotatable bonds is 16. The van der Waals surface area contributed by atoms with Crippen molar-refractivity contribution < 1.29 is 29.4 Å². The van der Waals surface area contributed by atoms with Gasteiger partial charge < -0.3 is 48.3 Å². The van der Waals surface area contributed by atoms with E-state index in [0.29, 0.717) is 12.8 Å². The first kappa shape index (κ1) is 33.0. The van der Waals surface area contributed by atoms with Gasteiger partial charge in [0.1, 0.15) is 12.1 Å². The van der Waals surface area contributed by atoms with Gasteiger partial charge in [-0.2, -0.15) is 0 Å². The van der Waals surface area contributed by atoms with Crippen LogP contribution in [0.25, 0.3) is 10.9 Å². The summed E-state index contributed by atoms with van der Waals surface area (Å²) in [5.74, 6) is -3.94. The molecule has 1 aromatic heterocycles. The zero-order chi connectivity index (χ0) is 30.7. The van der Waals surface area contributed by atoms with E-state index in [1.807, 2.05) is 24.3 Å². The van der Waals surface area contributed by atoms with E-state index in [1.54, 1.807) is 20.0 Å². The number of guanidine groups is 1. The summed E-state index contributed by atoms with van der Waals surface area (Å²) in [5, 5.41) is 27.7. The summed E-state index contributed by atoms with van der Waals surface area (Å²) < 4.78 is 0. The fraction of sp³-hybridized carbons (Fsp3) is 0.519. The summed E-state index contributed by atoms with van der Waals surface area (Å²) in [5.41, 5.74) is 18.7. The van der Waals surface area contributed by atoms with Crippen molar-refractivity contribution >= 4 is 40.6 Å². The first-order valence-corrected chi connectivity index (χ1v) is 13.5. The lowest BCUT2D eigenvalue weighted by Crippen LogP contribution is -2.59. The van der Waals surface area contributed by atoms with Crippen molar-refractivity contribution in [2.24, 2.45) is 28.1 Å². The number of aliphatic carboxylic acids is 1. The zero-order valence-corrected chi connectivity index (χ0v) is 23.6. The van der Waals surface area contributed by atoms with Gasteiger partial charge >= 0.3 is 5.97 Å². The van der Waals surface area contributed by atoms with Gasteiger partial charge in [0, 0.05) is 23.6 Å². The van der Waals surface area contributed by atoms with Gasteiger partial charge in [-0.15, -0.1) is 0 Å². The molecule has 41 heavy (non-hydrogen) atoms. The summed E-state index contributed by atoms with van der Waals surface area (Å²) >= 11 is 0. The largest absolute Gasteiger partial charge is 0.480 e. The van der Waals surface area contributed by atoms with Crippen LogP contribution in [0.3, 0.4) is 0 Å². The highest BCUT2D eigenvalue weighted by atomic mass is 16.4. The van der Waals surface area contributed by atoms with Gasteiger partial charge in [-0.25, -0.2) is 4.79 Å². The number of amides is 3. The highest BCUT2D eigenvalue weighted by Gasteiger charge is 2.34. The van der Waals surface area contributed by atoms with E-state index < -0.39 is 59.9 Å². The molecule has 0 aliphatic heterocycles. The number of carboxylic acid groups (broad SMARTS) is 1. The Bertz CT molecular complexity index is 1230. The molecule has 0 spiro atoms. The van der Waals surface area contributed by atoms with Crippen molar-refractivity contribution in [1.29, 1.82) is 0 Å². The molecule has 2 aromatic rings. The molecule has 0 radical (unpaired) electrons. The third-order valence-corrected chi connectivity index (χ3v) is 6.87. The predicted octanol–water partition coefficient (Wildman–Crippen LogP) is -0.943. The minimum atomic E-state index is -1.57. The van der Waals surface area contributed by atoms with Crippen molar-refractivity contribution in [2.45, 2.75) is 76.7 Å². The molecular weight excluding hydrogens is 532 g/mol. The third kappa shape index (κ3) is 9.76. The number of H-pyrrole nitrogens is 1. The molecule has 226 valence electrons. The quantitative estimate of drug-likeness (QED) is 0.0680. The van der Waals surface area contributed by atoms with Gasteiger partial charge in [0.25, 0.3) is 0 Å². The maximum atomic E-state index is 13.4. The van der Waals surface area contributed by atoms with Gasteiger partial charge in [0.2, 0.25) is 17.7 Å². The number of carbonyl (C=O) groups is 4. The minimum absolute atomic E-state index is 0.115. The van der Waals surface area contributed by atoms with E-state index in [-0.39, 0.29) is 25.3 Å². The molecule has 0 fully saturated rings. The number of carbonyl (C=O) groups excluding carboxylic acids is 3. The van der Waals surface area contributed by atoms with Crippen LogP contribution in [0.2, 0.25) is 0 Å². The Morgan fingerprint density at radius 2 is 1.66 bits per heavy atom. The molecule has 0 aliphatic carbocycles. The van der Waals surface area contributed by atoms with Crippen LogP contribution in [0, 0.1) is 5.92 Å². The lowest BCUT2D eigenvalue weighted by molar-refractivity contribution is -0.145. The van der Waals surface area contributed by atoms with Crippen LogP contribution in [0.1, 0.15) is 45.6 Å². The number of nitrogens with one attached hydrogen (secondary N) is 4. The number of fused-ring (bicyclic) bond motifs is 1. The number of aliphatic imine (C=N–C) groups is 1. The number of nitrogens with zero attached hydrogens (tertiary/aromatic N) is 1. The number of hydrogen-bond acceptors (Lipinski definition) is 7. The molecule has 0 saturated carbocycles. The standard InChI is InChI=1S/C27H42N8O6/c1-4-14(2)21(25(39)35-22(15(3)36)26(40)41)34-24(38)20(10-7-11-31-27(29)30)33-23(37)18(28)12-16-13-32-19-9-6-5-8-17(16)19/h5-6,8-9,13-15,18,20-22,32,36H,4,7,10-12,28H2,1-3H3,(H,33,37)(H,34,38)(H,35,39)(H,40,41)(H4,29,30,31). The fourth-order valence-electron chi connectivity index (χ4n) is 4.27. The summed E-state index contributed by atoms with van der Waals surface area (Å²) in [6.45, 7) is 4.95. The molecule has 6 atom stereocenters. The van der Waals surface area contributed by atoms with Crippen LogP contribution in [0.5, 0.6) is 0 Å². The monoisotopic (exact) mass is 574 g/mol. The number of aliphatic hydroxyl groups excluding tert-OH is 1. The number of aromatic amines is 1. The number of carboxylic acids is 1. The fourth-order valence-corrected chi connectivity index (χ4v) is 4.27. The van der Waals surface area contributed by atoms with Crippen LogP contribution >= 0.6 is 0 Å². The molecule has 1 heterocycles. The van der Waals surface area contributed by atoms with Crippen LogP contribution in [-0.4, -0.2) is 81.7 Å². The van der Waals surface area contributed by atoms with Crippen molar-refractivity contribution in [2.75, 3.05) is 6.54 Å². The van der Waals surface area contributed by atoms with Gasteiger partial charge in [0.05, 0.1) is 12.1 Å². The second-order valence-electron chi connectivity index (χ2n) is 10.1. The number of aliphatic hydroxyl groups is 1. The highest BCUT2D eigenvalue weighted by Crippen LogP contribution is 2.19. The Hall–Kier alpha value is -4.17.